The van der Waals surface area contributed by atoms with Crippen molar-refractivity contribution in [1.29, 1.82) is 0 Å². The van der Waals surface area contributed by atoms with Gasteiger partial charge in [0.15, 0.2) is 0 Å². The molecule has 0 saturated heterocycles. The van der Waals surface area contributed by atoms with E-state index in [1.54, 1.807) is 0 Å². The minimum absolute atomic E-state index is 0.437. The van der Waals surface area contributed by atoms with E-state index in [2.05, 4.69) is 35.0 Å². The van der Waals surface area contributed by atoms with E-state index in [1.807, 2.05) is 12.1 Å². The average Bonchev–Trinajstić information content (AvgIpc) is 2.27. The Bertz CT molecular complexity index is 346. The molecule has 94 valence electrons. The SMILES string of the molecule is CCOC1CC(CC(Br)c2ccc(Cl)cc2)C1. The summed E-state index contributed by atoms with van der Waals surface area (Å²) in [5, 5.41) is 0.800. The molecule has 1 unspecified atom stereocenters. The van der Waals surface area contributed by atoms with Crippen molar-refractivity contribution in [2.45, 2.75) is 37.1 Å². The van der Waals surface area contributed by atoms with Gasteiger partial charge in [0.2, 0.25) is 0 Å². The largest absolute Gasteiger partial charge is 0.378 e. The summed E-state index contributed by atoms with van der Waals surface area (Å²) >= 11 is 9.64. The molecule has 1 aromatic carbocycles. The third-order valence-corrected chi connectivity index (χ3v) is 4.52. The molecule has 1 saturated carbocycles. The summed E-state index contributed by atoms with van der Waals surface area (Å²) in [5.41, 5.74) is 1.31. The van der Waals surface area contributed by atoms with Gasteiger partial charge in [0.25, 0.3) is 0 Å². The Morgan fingerprint density at radius 1 is 1.35 bits per heavy atom. The lowest BCUT2D eigenvalue weighted by Crippen LogP contribution is -2.31. The number of hydrogen-bond acceptors (Lipinski definition) is 1. The second kappa shape index (κ2) is 6.21. The molecule has 0 bridgehead atoms. The summed E-state index contributed by atoms with van der Waals surface area (Å²) in [5.74, 6) is 0.798. The summed E-state index contributed by atoms with van der Waals surface area (Å²) in [7, 11) is 0. The fourth-order valence-corrected chi connectivity index (χ4v) is 3.30. The van der Waals surface area contributed by atoms with E-state index in [1.165, 1.54) is 24.8 Å². The van der Waals surface area contributed by atoms with E-state index >= 15 is 0 Å². The van der Waals surface area contributed by atoms with Crippen LogP contribution in [0.1, 0.15) is 36.6 Å². The van der Waals surface area contributed by atoms with Gasteiger partial charge in [-0.3, -0.25) is 0 Å². The number of halogens is 2. The van der Waals surface area contributed by atoms with Crippen molar-refractivity contribution >= 4 is 27.5 Å². The highest BCUT2D eigenvalue weighted by Gasteiger charge is 2.31. The van der Waals surface area contributed by atoms with Gasteiger partial charge in [-0.1, -0.05) is 39.7 Å². The summed E-state index contributed by atoms with van der Waals surface area (Å²) in [6.07, 6.45) is 4.12. The standard InChI is InChI=1S/C14H18BrClO/c1-2-17-13-7-10(8-13)9-14(15)11-3-5-12(16)6-4-11/h3-6,10,13-14H,2,7-9H2,1H3. The molecule has 1 aliphatic carbocycles. The molecule has 1 atom stereocenters. The topological polar surface area (TPSA) is 9.23 Å². The first-order valence-corrected chi connectivity index (χ1v) is 7.49. The Morgan fingerprint density at radius 3 is 2.59 bits per heavy atom. The number of rotatable bonds is 5. The van der Waals surface area contributed by atoms with Crippen molar-refractivity contribution in [3.63, 3.8) is 0 Å². The summed E-state index contributed by atoms with van der Waals surface area (Å²) in [6, 6.07) is 8.10. The molecule has 1 aliphatic rings. The zero-order chi connectivity index (χ0) is 12.3. The lowest BCUT2D eigenvalue weighted by Gasteiger charge is -2.36. The molecule has 0 N–H and O–H groups in total. The van der Waals surface area contributed by atoms with Crippen LogP contribution < -0.4 is 0 Å². The molecule has 1 aromatic rings. The third kappa shape index (κ3) is 3.70. The van der Waals surface area contributed by atoms with Gasteiger partial charge < -0.3 is 4.74 Å². The maximum atomic E-state index is 5.88. The van der Waals surface area contributed by atoms with E-state index in [9.17, 15) is 0 Å². The lowest BCUT2D eigenvalue weighted by atomic mass is 9.78. The van der Waals surface area contributed by atoms with E-state index < -0.39 is 0 Å². The van der Waals surface area contributed by atoms with Crippen LogP contribution in [0, 0.1) is 5.92 Å². The number of ether oxygens (including phenoxy) is 1. The van der Waals surface area contributed by atoms with E-state index in [0.717, 1.165) is 17.5 Å². The Balaban J connectivity index is 1.78. The highest BCUT2D eigenvalue weighted by atomic mass is 79.9. The van der Waals surface area contributed by atoms with Crippen molar-refractivity contribution in [3.05, 3.63) is 34.9 Å². The molecule has 0 aromatic heterocycles. The Kier molecular flexibility index (Phi) is 4.89. The highest BCUT2D eigenvalue weighted by Crippen LogP contribution is 2.40. The van der Waals surface area contributed by atoms with Crippen LogP contribution in [-0.4, -0.2) is 12.7 Å². The van der Waals surface area contributed by atoms with Gasteiger partial charge >= 0.3 is 0 Å². The third-order valence-electron chi connectivity index (χ3n) is 3.37. The van der Waals surface area contributed by atoms with Gasteiger partial charge in [-0.15, -0.1) is 0 Å². The second-order valence-electron chi connectivity index (χ2n) is 4.67. The zero-order valence-corrected chi connectivity index (χ0v) is 12.4. The first kappa shape index (κ1) is 13.4. The second-order valence-corrected chi connectivity index (χ2v) is 6.21. The van der Waals surface area contributed by atoms with Crippen molar-refractivity contribution in [1.82, 2.24) is 0 Å². The minimum Gasteiger partial charge on any atom is -0.378 e. The van der Waals surface area contributed by atoms with Crippen molar-refractivity contribution in [2.75, 3.05) is 6.61 Å². The van der Waals surface area contributed by atoms with Crippen LogP contribution in [0.4, 0.5) is 0 Å². The fourth-order valence-electron chi connectivity index (χ4n) is 2.34. The van der Waals surface area contributed by atoms with E-state index in [0.29, 0.717) is 10.9 Å². The lowest BCUT2D eigenvalue weighted by molar-refractivity contribution is -0.0264. The van der Waals surface area contributed by atoms with Gasteiger partial charge in [-0.25, -0.2) is 0 Å². The molecule has 2 rings (SSSR count). The predicted molar refractivity (Wildman–Crippen MR) is 75.9 cm³/mol. The van der Waals surface area contributed by atoms with Crippen LogP contribution in [-0.2, 0) is 4.74 Å². The number of alkyl halides is 1. The Labute approximate surface area is 117 Å². The van der Waals surface area contributed by atoms with Gasteiger partial charge in [0, 0.05) is 16.5 Å². The first-order chi connectivity index (χ1) is 8.19. The first-order valence-electron chi connectivity index (χ1n) is 6.20. The fraction of sp³-hybridized carbons (Fsp3) is 0.571. The molecule has 0 radical (unpaired) electrons. The van der Waals surface area contributed by atoms with Gasteiger partial charge in [0.05, 0.1) is 6.10 Å². The summed E-state index contributed by atoms with van der Waals surface area (Å²) in [4.78, 5) is 0.437. The molecule has 17 heavy (non-hydrogen) atoms. The van der Waals surface area contributed by atoms with Crippen molar-refractivity contribution in [2.24, 2.45) is 5.92 Å². The Hall–Kier alpha value is -0.0500. The number of hydrogen-bond donors (Lipinski definition) is 0. The monoisotopic (exact) mass is 316 g/mol. The molecule has 0 spiro atoms. The van der Waals surface area contributed by atoms with Crippen LogP contribution in [0.2, 0.25) is 5.02 Å². The number of benzene rings is 1. The molecular formula is C14H18BrClO. The molecule has 0 heterocycles. The molecular weight excluding hydrogens is 300 g/mol. The van der Waals surface area contributed by atoms with Crippen LogP contribution in [0.5, 0.6) is 0 Å². The normalized spacial score (nSPS) is 25.4. The zero-order valence-electron chi connectivity index (χ0n) is 10.0. The predicted octanol–water partition coefficient (Wildman–Crippen LogP) is 4.98. The quantitative estimate of drug-likeness (QED) is 0.696. The van der Waals surface area contributed by atoms with Gasteiger partial charge in [0.1, 0.15) is 0 Å². The van der Waals surface area contributed by atoms with E-state index in [-0.39, 0.29) is 0 Å². The van der Waals surface area contributed by atoms with Crippen LogP contribution >= 0.6 is 27.5 Å². The smallest absolute Gasteiger partial charge is 0.0580 e. The molecule has 3 heteroatoms. The Morgan fingerprint density at radius 2 is 2.00 bits per heavy atom. The molecule has 1 nitrogen and oxygen atoms in total. The van der Waals surface area contributed by atoms with Crippen molar-refractivity contribution in [3.8, 4) is 0 Å². The maximum Gasteiger partial charge on any atom is 0.0580 e. The summed E-state index contributed by atoms with van der Waals surface area (Å²) < 4.78 is 5.58. The van der Waals surface area contributed by atoms with Crippen LogP contribution in [0.25, 0.3) is 0 Å². The van der Waals surface area contributed by atoms with Crippen molar-refractivity contribution < 1.29 is 4.74 Å². The molecule has 1 fully saturated rings. The average molecular weight is 318 g/mol. The van der Waals surface area contributed by atoms with Gasteiger partial charge in [-0.05, 0) is 49.8 Å². The van der Waals surface area contributed by atoms with Crippen LogP contribution in [0.15, 0.2) is 24.3 Å². The summed E-state index contributed by atoms with van der Waals surface area (Å²) in [6.45, 7) is 2.90. The maximum absolute atomic E-state index is 5.88. The van der Waals surface area contributed by atoms with Gasteiger partial charge in [-0.2, -0.15) is 0 Å². The van der Waals surface area contributed by atoms with E-state index in [4.69, 9.17) is 16.3 Å². The minimum atomic E-state index is 0.437. The molecule has 0 amide bonds. The highest BCUT2D eigenvalue weighted by molar-refractivity contribution is 9.09. The van der Waals surface area contributed by atoms with Crippen LogP contribution in [0.3, 0.4) is 0 Å². The molecule has 0 aliphatic heterocycles.